The molecule has 0 aliphatic carbocycles. The normalized spacial score (nSPS) is 17.1. The van der Waals surface area contributed by atoms with Crippen molar-refractivity contribution in [1.82, 2.24) is 0 Å². The van der Waals surface area contributed by atoms with E-state index in [2.05, 4.69) is 0 Å². The van der Waals surface area contributed by atoms with Gasteiger partial charge in [-0.2, -0.15) is 0 Å². The molecule has 0 bridgehead atoms. The quantitative estimate of drug-likeness (QED) is 0.649. The van der Waals surface area contributed by atoms with E-state index in [4.69, 9.17) is 19.6 Å². The van der Waals surface area contributed by atoms with E-state index in [0.29, 0.717) is 6.61 Å². The summed E-state index contributed by atoms with van der Waals surface area (Å²) in [5.74, 6) is 1.70. The molecule has 0 spiro atoms. The van der Waals surface area contributed by atoms with Crippen molar-refractivity contribution in [2.75, 3.05) is 6.79 Å². The summed E-state index contributed by atoms with van der Waals surface area (Å²) in [6, 6.07) is 3.64. The van der Waals surface area contributed by atoms with E-state index in [1.165, 1.54) is 0 Å². The molecular weight excluding hydrogens is 170 g/mol. The van der Waals surface area contributed by atoms with Crippen LogP contribution >= 0.6 is 0 Å². The number of nitrogens with one attached hydrogen (secondary N) is 1. The summed E-state index contributed by atoms with van der Waals surface area (Å²) in [5, 5.41) is 7.47. The van der Waals surface area contributed by atoms with Crippen molar-refractivity contribution in [3.05, 3.63) is 23.3 Å². The van der Waals surface area contributed by atoms with Gasteiger partial charge >= 0.3 is 0 Å². The predicted octanol–water partition coefficient (Wildman–Crippen LogP) is 1.27. The van der Waals surface area contributed by atoms with Crippen LogP contribution in [0, 0.1) is 5.41 Å². The molecule has 0 amide bonds. The maximum absolute atomic E-state index is 7.47. The zero-order chi connectivity index (χ0) is 8.84. The third kappa shape index (κ3) is 0.771. The van der Waals surface area contributed by atoms with Crippen LogP contribution in [0.4, 0.5) is 0 Å². The van der Waals surface area contributed by atoms with Crippen LogP contribution in [0.1, 0.15) is 11.1 Å². The molecule has 3 rings (SSSR count). The van der Waals surface area contributed by atoms with Gasteiger partial charge in [0, 0.05) is 11.1 Å². The molecule has 1 aromatic rings. The van der Waals surface area contributed by atoms with E-state index in [0.717, 1.165) is 22.6 Å². The molecular formula is C9H7NO3. The van der Waals surface area contributed by atoms with Crippen LogP contribution in [0.25, 0.3) is 0 Å². The van der Waals surface area contributed by atoms with Crippen molar-refractivity contribution in [3.63, 3.8) is 0 Å². The fourth-order valence-corrected chi connectivity index (χ4v) is 1.61. The zero-order valence-electron chi connectivity index (χ0n) is 6.79. The lowest BCUT2D eigenvalue weighted by Crippen LogP contribution is -1.94. The molecule has 2 aliphatic heterocycles. The highest BCUT2D eigenvalue weighted by molar-refractivity contribution is 5.96. The van der Waals surface area contributed by atoms with E-state index in [9.17, 15) is 0 Å². The standard InChI is InChI=1S/C9H7NO3/c10-9-5-1-2-7-8(13-4-12-7)6(5)3-11-9/h1-2,10H,3-4H2. The first-order valence-corrected chi connectivity index (χ1v) is 3.99. The Bertz CT molecular complexity index is 400. The van der Waals surface area contributed by atoms with Crippen LogP contribution in [-0.4, -0.2) is 12.7 Å². The fourth-order valence-electron chi connectivity index (χ4n) is 1.61. The number of ether oxygens (including phenoxy) is 3. The Morgan fingerprint density at radius 3 is 3.00 bits per heavy atom. The van der Waals surface area contributed by atoms with Gasteiger partial charge in [-0.15, -0.1) is 0 Å². The molecule has 0 aromatic heterocycles. The first-order valence-electron chi connectivity index (χ1n) is 3.99. The average molecular weight is 177 g/mol. The van der Waals surface area contributed by atoms with Crippen molar-refractivity contribution < 1.29 is 14.2 Å². The average Bonchev–Trinajstić information content (AvgIpc) is 2.70. The molecule has 4 nitrogen and oxygen atoms in total. The molecule has 0 saturated carbocycles. The van der Waals surface area contributed by atoms with Crippen molar-refractivity contribution in [3.8, 4) is 11.5 Å². The Morgan fingerprint density at radius 1 is 1.15 bits per heavy atom. The molecule has 1 N–H and O–H groups in total. The number of fused-ring (bicyclic) bond motifs is 3. The van der Waals surface area contributed by atoms with Crippen LogP contribution in [0.5, 0.6) is 11.5 Å². The topological polar surface area (TPSA) is 51.5 Å². The highest BCUT2D eigenvalue weighted by Gasteiger charge is 2.27. The number of benzene rings is 1. The Morgan fingerprint density at radius 2 is 2.08 bits per heavy atom. The number of hydrogen-bond donors (Lipinski definition) is 1. The van der Waals surface area contributed by atoms with Crippen molar-refractivity contribution >= 4 is 5.90 Å². The molecule has 0 unspecified atom stereocenters. The monoisotopic (exact) mass is 177 g/mol. The lowest BCUT2D eigenvalue weighted by molar-refractivity contribution is 0.172. The molecule has 0 fully saturated rings. The van der Waals surface area contributed by atoms with E-state index in [1.807, 2.05) is 12.1 Å². The third-order valence-electron chi connectivity index (χ3n) is 2.25. The Hall–Kier alpha value is -1.71. The minimum Gasteiger partial charge on any atom is -0.473 e. The molecule has 1 aromatic carbocycles. The Balaban J connectivity index is 2.26. The summed E-state index contributed by atoms with van der Waals surface area (Å²) in [4.78, 5) is 0. The summed E-state index contributed by atoms with van der Waals surface area (Å²) in [5.41, 5.74) is 1.74. The van der Waals surface area contributed by atoms with Gasteiger partial charge in [0.15, 0.2) is 11.5 Å². The molecule has 13 heavy (non-hydrogen) atoms. The molecule has 0 radical (unpaired) electrons. The third-order valence-corrected chi connectivity index (χ3v) is 2.25. The lowest BCUT2D eigenvalue weighted by Gasteiger charge is -1.99. The minimum atomic E-state index is 0.216. The summed E-state index contributed by atoms with van der Waals surface area (Å²) < 4.78 is 15.6. The highest BCUT2D eigenvalue weighted by Crippen LogP contribution is 2.40. The van der Waals surface area contributed by atoms with Gasteiger partial charge in [-0.05, 0) is 12.1 Å². The maximum Gasteiger partial charge on any atom is 0.231 e. The van der Waals surface area contributed by atoms with Gasteiger partial charge in [0.2, 0.25) is 12.7 Å². The summed E-state index contributed by atoms with van der Waals surface area (Å²) in [6.45, 7) is 0.680. The fraction of sp³-hybridized carbons (Fsp3) is 0.222. The second-order valence-electron chi connectivity index (χ2n) is 2.94. The lowest BCUT2D eigenvalue weighted by atomic mass is 10.1. The Kier molecular flexibility index (Phi) is 1.12. The molecule has 4 heteroatoms. The van der Waals surface area contributed by atoms with Crippen molar-refractivity contribution in [1.29, 1.82) is 5.41 Å². The van der Waals surface area contributed by atoms with Gasteiger partial charge in [-0.3, -0.25) is 5.41 Å². The second-order valence-corrected chi connectivity index (χ2v) is 2.94. The van der Waals surface area contributed by atoms with Gasteiger partial charge in [-0.1, -0.05) is 0 Å². The van der Waals surface area contributed by atoms with Crippen molar-refractivity contribution in [2.45, 2.75) is 6.61 Å². The van der Waals surface area contributed by atoms with Crippen molar-refractivity contribution in [2.24, 2.45) is 0 Å². The molecule has 66 valence electrons. The van der Waals surface area contributed by atoms with Crippen LogP contribution in [0.3, 0.4) is 0 Å². The highest BCUT2D eigenvalue weighted by atomic mass is 16.7. The van der Waals surface area contributed by atoms with Crippen LogP contribution in [-0.2, 0) is 11.3 Å². The summed E-state index contributed by atoms with van der Waals surface area (Å²) >= 11 is 0. The van der Waals surface area contributed by atoms with Gasteiger partial charge < -0.3 is 14.2 Å². The molecule has 2 heterocycles. The van der Waals surface area contributed by atoms with E-state index >= 15 is 0 Å². The first-order chi connectivity index (χ1) is 6.36. The van der Waals surface area contributed by atoms with E-state index < -0.39 is 0 Å². The second kappa shape index (κ2) is 2.16. The maximum atomic E-state index is 7.47. The predicted molar refractivity (Wildman–Crippen MR) is 44.2 cm³/mol. The largest absolute Gasteiger partial charge is 0.473 e. The van der Waals surface area contributed by atoms with Gasteiger partial charge in [0.25, 0.3) is 0 Å². The van der Waals surface area contributed by atoms with Gasteiger partial charge in [0.1, 0.15) is 6.61 Å². The SMILES string of the molecule is N=C1OCc2c1ccc1c2OCO1. The molecule has 0 atom stereocenters. The summed E-state index contributed by atoms with van der Waals surface area (Å²) in [7, 11) is 0. The molecule has 2 aliphatic rings. The molecule has 0 saturated heterocycles. The van der Waals surface area contributed by atoms with Gasteiger partial charge in [0.05, 0.1) is 0 Å². The van der Waals surface area contributed by atoms with Crippen LogP contribution < -0.4 is 9.47 Å². The van der Waals surface area contributed by atoms with Gasteiger partial charge in [-0.25, -0.2) is 0 Å². The zero-order valence-corrected chi connectivity index (χ0v) is 6.79. The van der Waals surface area contributed by atoms with E-state index in [1.54, 1.807) is 0 Å². The van der Waals surface area contributed by atoms with Crippen LogP contribution in [0.2, 0.25) is 0 Å². The minimum absolute atomic E-state index is 0.216. The van der Waals surface area contributed by atoms with Crippen LogP contribution in [0.15, 0.2) is 12.1 Å². The number of rotatable bonds is 0. The van der Waals surface area contributed by atoms with E-state index in [-0.39, 0.29) is 12.7 Å². The number of hydrogen-bond acceptors (Lipinski definition) is 4. The summed E-state index contributed by atoms with van der Waals surface area (Å²) in [6.07, 6.45) is 0. The Labute approximate surface area is 74.5 Å². The smallest absolute Gasteiger partial charge is 0.231 e. The first kappa shape index (κ1) is 6.77.